The van der Waals surface area contributed by atoms with Crippen LogP contribution in [0.5, 0.6) is 0 Å². The second-order valence-electron chi connectivity index (χ2n) is 8.23. The highest BCUT2D eigenvalue weighted by molar-refractivity contribution is 5.38. The van der Waals surface area contributed by atoms with Crippen LogP contribution < -0.4 is 10.6 Å². The summed E-state index contributed by atoms with van der Waals surface area (Å²) in [6.07, 6.45) is 16.8. The van der Waals surface area contributed by atoms with Gasteiger partial charge in [0.25, 0.3) is 0 Å². The van der Waals surface area contributed by atoms with E-state index in [-0.39, 0.29) is 0 Å². The van der Waals surface area contributed by atoms with Crippen molar-refractivity contribution in [3.8, 4) is 0 Å². The quantitative estimate of drug-likeness (QED) is 0.476. The third kappa shape index (κ3) is 5.67. The lowest BCUT2D eigenvalue weighted by Gasteiger charge is -2.49. The fourth-order valence-corrected chi connectivity index (χ4v) is 4.83. The Morgan fingerprint density at radius 2 is 1.71 bits per heavy atom. The standard InChI is InChI=1S/C25H39N3/c1-6-12-23(7-2)22(5)27-19-21(4)28-17-15-25(16-18-28,20-26-8-3)24-13-10-9-11-14-24/h6-8,12,24,26-27H,1-5,9-11,13-20H2/b23-12+. The third-order valence-corrected chi connectivity index (χ3v) is 6.65. The van der Waals surface area contributed by atoms with E-state index in [2.05, 4.69) is 48.4 Å². The lowest BCUT2D eigenvalue weighted by Crippen LogP contribution is -2.49. The van der Waals surface area contributed by atoms with Gasteiger partial charge in [-0.05, 0) is 48.8 Å². The molecule has 2 N–H and O–H groups in total. The van der Waals surface area contributed by atoms with Crippen LogP contribution in [0.1, 0.15) is 44.9 Å². The first kappa shape index (κ1) is 22.1. The fourth-order valence-electron chi connectivity index (χ4n) is 4.83. The Kier molecular flexibility index (Phi) is 8.69. The lowest BCUT2D eigenvalue weighted by atomic mass is 9.63. The minimum atomic E-state index is 0.408. The van der Waals surface area contributed by atoms with Crippen LogP contribution in [0, 0.1) is 11.3 Å². The van der Waals surface area contributed by atoms with Crippen LogP contribution in [0.25, 0.3) is 0 Å². The van der Waals surface area contributed by atoms with Gasteiger partial charge in [0.1, 0.15) is 0 Å². The molecule has 1 saturated carbocycles. The molecular weight excluding hydrogens is 342 g/mol. The molecule has 0 amide bonds. The van der Waals surface area contributed by atoms with Gasteiger partial charge in [-0.25, -0.2) is 0 Å². The molecule has 3 heteroatoms. The average Bonchev–Trinajstić information content (AvgIpc) is 2.75. The molecule has 0 aromatic heterocycles. The number of allylic oxidation sites excluding steroid dienone is 3. The molecule has 2 fully saturated rings. The topological polar surface area (TPSA) is 27.3 Å². The summed E-state index contributed by atoms with van der Waals surface area (Å²) in [5, 5.41) is 6.83. The third-order valence-electron chi connectivity index (χ3n) is 6.65. The Bertz CT molecular complexity index is 599. The zero-order valence-corrected chi connectivity index (χ0v) is 17.6. The van der Waals surface area contributed by atoms with Crippen molar-refractivity contribution in [3.05, 3.63) is 74.3 Å². The largest absolute Gasteiger partial charge is 0.391 e. The van der Waals surface area contributed by atoms with Crippen molar-refractivity contribution in [2.75, 3.05) is 26.2 Å². The number of piperidine rings is 1. The SMILES string of the molecule is C=C/C=C(\C=C)C(=C)NCC(=C)N1CCC(CNC=C)(C2CCCCC2)CC1. The molecule has 0 atom stereocenters. The van der Waals surface area contributed by atoms with Crippen molar-refractivity contribution in [2.45, 2.75) is 44.9 Å². The van der Waals surface area contributed by atoms with Crippen LogP contribution in [0.2, 0.25) is 0 Å². The molecule has 0 spiro atoms. The van der Waals surface area contributed by atoms with E-state index in [4.69, 9.17) is 0 Å². The van der Waals surface area contributed by atoms with Gasteiger partial charge >= 0.3 is 0 Å². The van der Waals surface area contributed by atoms with Gasteiger partial charge in [0, 0.05) is 31.0 Å². The molecule has 154 valence electrons. The van der Waals surface area contributed by atoms with Crippen molar-refractivity contribution in [1.82, 2.24) is 15.5 Å². The second kappa shape index (κ2) is 11.0. The van der Waals surface area contributed by atoms with Crippen molar-refractivity contribution < 1.29 is 0 Å². The van der Waals surface area contributed by atoms with Gasteiger partial charge in [0.2, 0.25) is 0 Å². The number of nitrogens with one attached hydrogen (secondary N) is 2. The second-order valence-corrected chi connectivity index (χ2v) is 8.23. The Labute approximate surface area is 172 Å². The highest BCUT2D eigenvalue weighted by atomic mass is 15.2. The molecule has 0 bridgehead atoms. The molecule has 1 aliphatic carbocycles. The Morgan fingerprint density at radius 3 is 2.29 bits per heavy atom. The van der Waals surface area contributed by atoms with Crippen LogP contribution in [0.3, 0.4) is 0 Å². The Morgan fingerprint density at radius 1 is 1.04 bits per heavy atom. The van der Waals surface area contributed by atoms with Crippen molar-refractivity contribution in [3.63, 3.8) is 0 Å². The maximum atomic E-state index is 4.33. The summed E-state index contributed by atoms with van der Waals surface area (Å²) >= 11 is 0. The normalized spacial score (nSPS) is 20.1. The highest BCUT2D eigenvalue weighted by Crippen LogP contribution is 2.45. The smallest absolute Gasteiger partial charge is 0.0543 e. The average molecular weight is 382 g/mol. The van der Waals surface area contributed by atoms with Crippen molar-refractivity contribution >= 4 is 0 Å². The predicted molar refractivity (Wildman–Crippen MR) is 123 cm³/mol. The van der Waals surface area contributed by atoms with E-state index < -0.39 is 0 Å². The van der Waals surface area contributed by atoms with E-state index >= 15 is 0 Å². The van der Waals surface area contributed by atoms with E-state index in [9.17, 15) is 0 Å². The summed E-state index contributed by atoms with van der Waals surface area (Å²) in [5.74, 6) is 0.848. The van der Waals surface area contributed by atoms with Crippen LogP contribution in [0.15, 0.2) is 74.3 Å². The number of hydrogen-bond acceptors (Lipinski definition) is 3. The molecule has 1 heterocycles. The lowest BCUT2D eigenvalue weighted by molar-refractivity contribution is 0.0426. The predicted octanol–water partition coefficient (Wildman–Crippen LogP) is 5.30. The number of rotatable bonds is 11. The molecule has 2 rings (SSSR count). The van der Waals surface area contributed by atoms with Crippen LogP contribution >= 0.6 is 0 Å². The van der Waals surface area contributed by atoms with Crippen LogP contribution in [0.4, 0.5) is 0 Å². The molecule has 28 heavy (non-hydrogen) atoms. The van der Waals surface area contributed by atoms with E-state index in [1.807, 2.05) is 12.3 Å². The van der Waals surface area contributed by atoms with E-state index in [0.717, 1.165) is 42.5 Å². The molecular formula is C25H39N3. The zero-order chi connectivity index (χ0) is 20.4. The van der Waals surface area contributed by atoms with Gasteiger partial charge in [0.05, 0.1) is 6.54 Å². The summed E-state index contributed by atoms with van der Waals surface area (Å²) in [7, 11) is 0. The Balaban J connectivity index is 1.90. The summed E-state index contributed by atoms with van der Waals surface area (Å²) in [4.78, 5) is 2.44. The van der Waals surface area contributed by atoms with E-state index in [1.54, 1.807) is 12.2 Å². The highest BCUT2D eigenvalue weighted by Gasteiger charge is 2.41. The van der Waals surface area contributed by atoms with E-state index in [1.165, 1.54) is 44.9 Å². The fraction of sp³-hybridized carbons (Fsp3) is 0.520. The summed E-state index contributed by atoms with van der Waals surface area (Å²) in [6.45, 7) is 23.8. The maximum Gasteiger partial charge on any atom is 0.0543 e. The monoisotopic (exact) mass is 381 g/mol. The number of hydrogen-bond donors (Lipinski definition) is 2. The first-order chi connectivity index (χ1) is 13.6. The van der Waals surface area contributed by atoms with Crippen LogP contribution in [-0.4, -0.2) is 31.1 Å². The van der Waals surface area contributed by atoms with Gasteiger partial charge in [-0.3, -0.25) is 0 Å². The minimum Gasteiger partial charge on any atom is -0.391 e. The summed E-state index contributed by atoms with van der Waals surface area (Å²) in [5.41, 5.74) is 3.37. The first-order valence-corrected chi connectivity index (χ1v) is 10.7. The van der Waals surface area contributed by atoms with Gasteiger partial charge in [-0.1, -0.05) is 70.4 Å². The zero-order valence-electron chi connectivity index (χ0n) is 17.6. The van der Waals surface area contributed by atoms with Crippen molar-refractivity contribution in [2.24, 2.45) is 11.3 Å². The van der Waals surface area contributed by atoms with Gasteiger partial charge < -0.3 is 15.5 Å². The van der Waals surface area contributed by atoms with Gasteiger partial charge in [-0.15, -0.1) is 0 Å². The summed E-state index contributed by atoms with van der Waals surface area (Å²) in [6, 6.07) is 0. The molecule has 1 saturated heterocycles. The molecule has 2 aliphatic rings. The van der Waals surface area contributed by atoms with E-state index in [0.29, 0.717) is 12.0 Å². The molecule has 0 unspecified atom stereocenters. The van der Waals surface area contributed by atoms with Crippen molar-refractivity contribution in [1.29, 1.82) is 0 Å². The van der Waals surface area contributed by atoms with Crippen LogP contribution in [-0.2, 0) is 0 Å². The number of likely N-dealkylation sites (tertiary alicyclic amines) is 1. The molecule has 0 radical (unpaired) electrons. The van der Waals surface area contributed by atoms with Gasteiger partial charge in [-0.2, -0.15) is 0 Å². The van der Waals surface area contributed by atoms with Gasteiger partial charge in [0.15, 0.2) is 0 Å². The molecule has 0 aromatic carbocycles. The Hall–Kier alpha value is -2.16. The number of nitrogens with zero attached hydrogens (tertiary/aromatic N) is 1. The summed E-state index contributed by atoms with van der Waals surface area (Å²) < 4.78 is 0. The maximum absolute atomic E-state index is 4.33. The first-order valence-electron chi connectivity index (χ1n) is 10.7. The molecule has 1 aliphatic heterocycles. The minimum absolute atomic E-state index is 0.408. The molecule has 3 nitrogen and oxygen atoms in total. The molecule has 0 aromatic rings.